The summed E-state index contributed by atoms with van der Waals surface area (Å²) in [4.78, 5) is 26.5. The fourth-order valence-corrected chi connectivity index (χ4v) is 2.09. The van der Waals surface area contributed by atoms with Gasteiger partial charge < -0.3 is 5.32 Å². The first-order valence-corrected chi connectivity index (χ1v) is 6.55. The molecule has 6 heteroatoms. The lowest BCUT2D eigenvalue weighted by Crippen LogP contribution is -2.24. The summed E-state index contributed by atoms with van der Waals surface area (Å²) in [5.74, 6) is 0.146. The molecule has 1 amide bonds. The highest BCUT2D eigenvalue weighted by Crippen LogP contribution is 2.18. The van der Waals surface area contributed by atoms with Crippen LogP contribution in [0.15, 0.2) is 65.3 Å². The van der Waals surface area contributed by atoms with Crippen molar-refractivity contribution >= 4 is 23.5 Å². The van der Waals surface area contributed by atoms with Gasteiger partial charge in [-0.25, -0.2) is 4.99 Å². The smallest absolute Gasteiger partial charge is 0.275 e. The van der Waals surface area contributed by atoms with Crippen LogP contribution in [0, 0.1) is 10.1 Å². The van der Waals surface area contributed by atoms with E-state index >= 15 is 0 Å². The van der Waals surface area contributed by atoms with Crippen molar-refractivity contribution in [3.05, 3.63) is 81.5 Å². The molecular weight excluding hydrogens is 282 g/mol. The number of aliphatic imine (C=N–C) groups is 1. The summed E-state index contributed by atoms with van der Waals surface area (Å²) in [6.07, 6.45) is 1.53. The summed E-state index contributed by atoms with van der Waals surface area (Å²) in [6, 6.07) is 15.3. The molecule has 0 spiro atoms. The van der Waals surface area contributed by atoms with Crippen molar-refractivity contribution in [2.24, 2.45) is 4.99 Å². The number of carbonyl (C=O) groups excluding carboxylic acids is 1. The number of nitro benzene ring substituents is 1. The van der Waals surface area contributed by atoms with Gasteiger partial charge in [0.15, 0.2) is 0 Å². The van der Waals surface area contributed by atoms with E-state index in [1.165, 1.54) is 18.2 Å². The van der Waals surface area contributed by atoms with Crippen molar-refractivity contribution in [2.75, 3.05) is 0 Å². The Bertz CT molecular complexity index is 810. The summed E-state index contributed by atoms with van der Waals surface area (Å²) in [7, 11) is 0. The first-order chi connectivity index (χ1) is 10.6. The maximum absolute atomic E-state index is 12.0. The zero-order chi connectivity index (χ0) is 15.5. The molecule has 22 heavy (non-hydrogen) atoms. The molecule has 0 bridgehead atoms. The predicted molar refractivity (Wildman–Crippen MR) is 82.2 cm³/mol. The van der Waals surface area contributed by atoms with E-state index in [1.54, 1.807) is 12.1 Å². The Labute approximate surface area is 126 Å². The van der Waals surface area contributed by atoms with Crippen molar-refractivity contribution < 1.29 is 9.72 Å². The third-order valence-electron chi connectivity index (χ3n) is 3.13. The topological polar surface area (TPSA) is 84.6 Å². The van der Waals surface area contributed by atoms with Crippen molar-refractivity contribution in [1.82, 2.24) is 5.32 Å². The molecule has 3 rings (SSSR count). The number of nitrogens with zero attached hydrogens (tertiary/aromatic N) is 2. The van der Waals surface area contributed by atoms with E-state index < -0.39 is 4.92 Å². The largest absolute Gasteiger partial charge is 0.305 e. The molecule has 0 saturated carbocycles. The molecule has 1 aliphatic heterocycles. The number of hydrogen-bond acceptors (Lipinski definition) is 4. The van der Waals surface area contributed by atoms with Gasteiger partial charge in [-0.05, 0) is 11.6 Å². The van der Waals surface area contributed by atoms with Crippen LogP contribution in [0.1, 0.15) is 11.1 Å². The van der Waals surface area contributed by atoms with Crippen LogP contribution < -0.4 is 5.32 Å². The Morgan fingerprint density at radius 2 is 1.86 bits per heavy atom. The highest BCUT2D eigenvalue weighted by atomic mass is 16.6. The number of non-ortho nitro benzene ring substituents is 1. The van der Waals surface area contributed by atoms with E-state index in [1.807, 2.05) is 30.3 Å². The van der Waals surface area contributed by atoms with Gasteiger partial charge >= 0.3 is 0 Å². The van der Waals surface area contributed by atoms with Gasteiger partial charge in [0.2, 0.25) is 0 Å². The molecule has 2 aromatic rings. The molecule has 0 fully saturated rings. The molecule has 1 aliphatic rings. The molecule has 0 aliphatic carbocycles. The van der Waals surface area contributed by atoms with Gasteiger partial charge in [-0.2, -0.15) is 0 Å². The highest BCUT2D eigenvalue weighted by Gasteiger charge is 2.21. The number of nitro groups is 1. The second-order valence-electron chi connectivity index (χ2n) is 4.66. The van der Waals surface area contributed by atoms with E-state index in [0.29, 0.717) is 11.4 Å². The Hall–Kier alpha value is -3.28. The van der Waals surface area contributed by atoms with Crippen LogP contribution >= 0.6 is 0 Å². The Morgan fingerprint density at radius 3 is 2.59 bits per heavy atom. The molecule has 0 radical (unpaired) electrons. The average Bonchev–Trinajstić information content (AvgIpc) is 2.89. The van der Waals surface area contributed by atoms with Gasteiger partial charge in [0.1, 0.15) is 11.5 Å². The molecule has 1 N–H and O–H groups in total. The average molecular weight is 293 g/mol. The molecule has 2 aromatic carbocycles. The van der Waals surface area contributed by atoms with Gasteiger partial charge in [0.25, 0.3) is 11.6 Å². The van der Waals surface area contributed by atoms with Gasteiger partial charge in [0, 0.05) is 17.7 Å². The minimum Gasteiger partial charge on any atom is -0.305 e. The Balaban J connectivity index is 1.94. The summed E-state index contributed by atoms with van der Waals surface area (Å²) in [5.41, 5.74) is 1.55. The second kappa shape index (κ2) is 5.61. The summed E-state index contributed by atoms with van der Waals surface area (Å²) in [6.45, 7) is 0. The number of nitrogens with one attached hydrogen (secondary N) is 1. The fraction of sp³-hybridized carbons (Fsp3) is 0. The number of carbonyl (C=O) groups is 1. The maximum Gasteiger partial charge on any atom is 0.275 e. The summed E-state index contributed by atoms with van der Waals surface area (Å²) < 4.78 is 0. The van der Waals surface area contributed by atoms with Crippen molar-refractivity contribution in [3.8, 4) is 0 Å². The van der Waals surface area contributed by atoms with E-state index in [0.717, 1.165) is 5.56 Å². The van der Waals surface area contributed by atoms with Crippen LogP contribution in [-0.4, -0.2) is 16.7 Å². The molecule has 108 valence electrons. The first kappa shape index (κ1) is 13.7. The molecular formula is C16H11N3O3. The number of rotatable bonds is 3. The standard InChI is InChI=1S/C16H11N3O3/c20-16-14(10-11-5-4-8-13(9-11)19(21)22)17-15(18-16)12-6-2-1-3-7-12/h1-10H,(H,17,18,20)/b14-10-. The molecule has 0 saturated heterocycles. The van der Waals surface area contributed by atoms with Crippen LogP contribution in [0.2, 0.25) is 0 Å². The fourth-order valence-electron chi connectivity index (χ4n) is 2.09. The summed E-state index contributed by atoms with van der Waals surface area (Å²) >= 11 is 0. The van der Waals surface area contributed by atoms with Crippen LogP contribution in [0.5, 0.6) is 0 Å². The summed E-state index contributed by atoms with van der Waals surface area (Å²) in [5, 5.41) is 13.5. The third kappa shape index (κ3) is 2.76. The van der Waals surface area contributed by atoms with Crippen molar-refractivity contribution in [3.63, 3.8) is 0 Å². The minimum absolute atomic E-state index is 0.0278. The van der Waals surface area contributed by atoms with E-state index in [4.69, 9.17) is 0 Å². The number of amidine groups is 1. The van der Waals surface area contributed by atoms with Gasteiger partial charge in [-0.15, -0.1) is 0 Å². The Morgan fingerprint density at radius 1 is 1.09 bits per heavy atom. The monoisotopic (exact) mass is 293 g/mol. The lowest BCUT2D eigenvalue weighted by Gasteiger charge is -1.98. The van der Waals surface area contributed by atoms with E-state index in [9.17, 15) is 14.9 Å². The third-order valence-corrected chi connectivity index (χ3v) is 3.13. The second-order valence-corrected chi connectivity index (χ2v) is 4.66. The molecule has 0 atom stereocenters. The Kier molecular flexibility index (Phi) is 3.49. The zero-order valence-corrected chi connectivity index (χ0v) is 11.4. The molecule has 6 nitrogen and oxygen atoms in total. The predicted octanol–water partition coefficient (Wildman–Crippen LogP) is 2.51. The van der Waals surface area contributed by atoms with Crippen LogP contribution in [0.3, 0.4) is 0 Å². The van der Waals surface area contributed by atoms with E-state index in [-0.39, 0.29) is 17.3 Å². The lowest BCUT2D eigenvalue weighted by molar-refractivity contribution is -0.384. The lowest BCUT2D eigenvalue weighted by atomic mass is 10.1. The molecule has 1 heterocycles. The number of amides is 1. The maximum atomic E-state index is 12.0. The van der Waals surface area contributed by atoms with Gasteiger partial charge in [-0.1, -0.05) is 42.5 Å². The highest BCUT2D eigenvalue weighted by molar-refractivity contribution is 6.19. The molecule has 0 aromatic heterocycles. The minimum atomic E-state index is -0.477. The number of benzene rings is 2. The van der Waals surface area contributed by atoms with E-state index in [2.05, 4.69) is 10.3 Å². The quantitative estimate of drug-likeness (QED) is 0.536. The van der Waals surface area contributed by atoms with Crippen LogP contribution in [-0.2, 0) is 4.79 Å². The van der Waals surface area contributed by atoms with Gasteiger partial charge in [-0.3, -0.25) is 14.9 Å². The van der Waals surface area contributed by atoms with Crippen molar-refractivity contribution in [2.45, 2.75) is 0 Å². The SMILES string of the molecule is O=C1NC(c2ccccc2)=N/C1=C\c1cccc([N+](=O)[O-])c1. The number of hydrogen-bond donors (Lipinski definition) is 1. The van der Waals surface area contributed by atoms with Gasteiger partial charge in [0.05, 0.1) is 4.92 Å². The van der Waals surface area contributed by atoms with Crippen molar-refractivity contribution in [1.29, 1.82) is 0 Å². The normalized spacial score (nSPS) is 15.5. The zero-order valence-electron chi connectivity index (χ0n) is 11.4. The van der Waals surface area contributed by atoms with Crippen LogP contribution in [0.25, 0.3) is 6.08 Å². The molecule has 0 unspecified atom stereocenters. The van der Waals surface area contributed by atoms with Crippen LogP contribution in [0.4, 0.5) is 5.69 Å². The first-order valence-electron chi connectivity index (χ1n) is 6.55.